The van der Waals surface area contributed by atoms with Crippen molar-refractivity contribution in [3.05, 3.63) is 57.4 Å². The van der Waals surface area contributed by atoms with E-state index in [-0.39, 0.29) is 18.1 Å². The molecule has 0 atom stereocenters. The molecule has 1 amide bonds. The van der Waals surface area contributed by atoms with Gasteiger partial charge in [-0.05, 0) is 26.0 Å². The van der Waals surface area contributed by atoms with E-state index in [1.165, 1.54) is 12.1 Å². The predicted octanol–water partition coefficient (Wildman–Crippen LogP) is 1.78. The number of ether oxygens (including phenoxy) is 1. The molecule has 1 aromatic carbocycles. The molecule has 1 aliphatic rings. The number of aromatic nitrogens is 1. The minimum absolute atomic E-state index is 0.0376. The molecule has 9 nitrogen and oxygen atoms in total. The third kappa shape index (κ3) is 4.62. The molecule has 2 aromatic rings. The first-order valence-corrected chi connectivity index (χ1v) is 9.01. The van der Waals surface area contributed by atoms with E-state index in [4.69, 9.17) is 4.74 Å². The quantitative estimate of drug-likeness (QED) is 0.464. The molecule has 0 radical (unpaired) electrons. The van der Waals surface area contributed by atoms with Crippen LogP contribution in [-0.2, 0) is 9.53 Å². The van der Waals surface area contributed by atoms with Gasteiger partial charge in [-0.1, -0.05) is 6.07 Å². The van der Waals surface area contributed by atoms with Gasteiger partial charge >= 0.3 is 0 Å². The highest BCUT2D eigenvalue weighted by atomic mass is 16.6. The third-order valence-corrected chi connectivity index (χ3v) is 4.63. The molecule has 9 heteroatoms. The van der Waals surface area contributed by atoms with Crippen LogP contribution < -0.4 is 5.43 Å². The fourth-order valence-electron chi connectivity index (χ4n) is 3.23. The highest BCUT2D eigenvalue weighted by molar-refractivity contribution is 5.84. The number of nitro groups is 1. The second-order valence-corrected chi connectivity index (χ2v) is 6.62. The van der Waals surface area contributed by atoms with Gasteiger partial charge < -0.3 is 9.30 Å². The average molecular weight is 385 g/mol. The Kier molecular flexibility index (Phi) is 6.17. The van der Waals surface area contributed by atoms with E-state index < -0.39 is 4.92 Å². The summed E-state index contributed by atoms with van der Waals surface area (Å²) >= 11 is 0. The molecule has 1 N–H and O–H groups in total. The van der Waals surface area contributed by atoms with Crippen LogP contribution in [0.2, 0.25) is 0 Å². The van der Waals surface area contributed by atoms with Crippen LogP contribution in [0.25, 0.3) is 5.69 Å². The van der Waals surface area contributed by atoms with Crippen LogP contribution in [0.5, 0.6) is 0 Å². The van der Waals surface area contributed by atoms with Crippen molar-refractivity contribution in [2.45, 2.75) is 13.8 Å². The topological polar surface area (TPSA) is 102 Å². The van der Waals surface area contributed by atoms with Crippen LogP contribution >= 0.6 is 0 Å². The maximum Gasteiger partial charge on any atom is 0.271 e. The fraction of sp³-hybridized carbons (Fsp3) is 0.368. The molecule has 2 heterocycles. The van der Waals surface area contributed by atoms with Crippen LogP contribution in [-0.4, -0.2) is 59.4 Å². The summed E-state index contributed by atoms with van der Waals surface area (Å²) in [4.78, 5) is 24.6. The molecule has 0 bridgehead atoms. The number of hydrazone groups is 1. The molecular formula is C19H23N5O4. The van der Waals surface area contributed by atoms with Gasteiger partial charge in [0.1, 0.15) is 0 Å². The van der Waals surface area contributed by atoms with Crippen molar-refractivity contribution < 1.29 is 14.5 Å². The number of benzene rings is 1. The van der Waals surface area contributed by atoms with Crippen molar-refractivity contribution in [1.82, 2.24) is 14.9 Å². The van der Waals surface area contributed by atoms with Crippen LogP contribution in [0.4, 0.5) is 5.69 Å². The van der Waals surface area contributed by atoms with E-state index in [0.717, 1.165) is 30.0 Å². The van der Waals surface area contributed by atoms with Crippen LogP contribution in [0.3, 0.4) is 0 Å². The average Bonchev–Trinajstić information content (AvgIpc) is 2.96. The molecule has 0 saturated carbocycles. The Morgan fingerprint density at radius 2 is 2.07 bits per heavy atom. The third-order valence-electron chi connectivity index (χ3n) is 4.63. The summed E-state index contributed by atoms with van der Waals surface area (Å²) in [5.41, 5.74) is 5.92. The molecule has 0 aliphatic carbocycles. The summed E-state index contributed by atoms with van der Waals surface area (Å²) in [6.07, 6.45) is 1.59. The Morgan fingerprint density at radius 1 is 1.32 bits per heavy atom. The molecule has 1 aliphatic heterocycles. The zero-order valence-corrected chi connectivity index (χ0v) is 15.9. The smallest absolute Gasteiger partial charge is 0.271 e. The van der Waals surface area contributed by atoms with Crippen molar-refractivity contribution >= 4 is 17.8 Å². The molecule has 0 spiro atoms. The molecule has 1 aromatic heterocycles. The number of non-ortho nitro benzene ring substituents is 1. The SMILES string of the molecule is Cc1cc(/C=N/NC(=O)CN2CCOCC2)c(C)n1-c1cccc([N+](=O)[O-])c1. The van der Waals surface area contributed by atoms with Crippen LogP contribution in [0.1, 0.15) is 17.0 Å². The van der Waals surface area contributed by atoms with E-state index in [9.17, 15) is 14.9 Å². The van der Waals surface area contributed by atoms with Crippen LogP contribution in [0, 0.1) is 24.0 Å². The second-order valence-electron chi connectivity index (χ2n) is 6.62. The predicted molar refractivity (Wildman–Crippen MR) is 105 cm³/mol. The van der Waals surface area contributed by atoms with Crippen molar-refractivity contribution in [1.29, 1.82) is 0 Å². The van der Waals surface area contributed by atoms with Crippen molar-refractivity contribution in [3.63, 3.8) is 0 Å². The fourth-order valence-corrected chi connectivity index (χ4v) is 3.23. The molecule has 1 fully saturated rings. The molecule has 148 valence electrons. The number of nitrogens with one attached hydrogen (secondary N) is 1. The summed E-state index contributed by atoms with van der Waals surface area (Å²) in [7, 11) is 0. The lowest BCUT2D eigenvalue weighted by atomic mass is 10.2. The van der Waals surface area contributed by atoms with E-state index >= 15 is 0 Å². The van der Waals surface area contributed by atoms with Gasteiger partial charge in [0.05, 0.1) is 36.6 Å². The Labute approximate surface area is 162 Å². The largest absolute Gasteiger partial charge is 0.379 e. The van der Waals surface area contributed by atoms with E-state index in [1.807, 2.05) is 35.4 Å². The minimum atomic E-state index is -0.413. The summed E-state index contributed by atoms with van der Waals surface area (Å²) < 4.78 is 7.18. The minimum Gasteiger partial charge on any atom is -0.379 e. The lowest BCUT2D eigenvalue weighted by molar-refractivity contribution is -0.384. The zero-order chi connectivity index (χ0) is 20.1. The first-order chi connectivity index (χ1) is 13.5. The van der Waals surface area contributed by atoms with Crippen LogP contribution in [0.15, 0.2) is 35.4 Å². The van der Waals surface area contributed by atoms with E-state index in [0.29, 0.717) is 18.9 Å². The number of hydrogen-bond acceptors (Lipinski definition) is 6. The van der Waals surface area contributed by atoms with E-state index in [1.54, 1.807) is 12.3 Å². The normalized spacial score (nSPS) is 15.1. The van der Waals surface area contributed by atoms with E-state index in [2.05, 4.69) is 10.5 Å². The number of nitrogens with zero attached hydrogens (tertiary/aromatic N) is 4. The Balaban J connectivity index is 1.69. The molecule has 3 rings (SSSR count). The first kappa shape index (κ1) is 19.7. The number of rotatable bonds is 6. The van der Waals surface area contributed by atoms with Gasteiger partial charge in [-0.15, -0.1) is 0 Å². The van der Waals surface area contributed by atoms with Gasteiger partial charge in [0, 0.05) is 42.2 Å². The van der Waals surface area contributed by atoms with Gasteiger partial charge in [0.25, 0.3) is 11.6 Å². The first-order valence-electron chi connectivity index (χ1n) is 9.01. The molecule has 0 unspecified atom stereocenters. The number of morpholine rings is 1. The molecule has 1 saturated heterocycles. The number of amides is 1. The summed E-state index contributed by atoms with van der Waals surface area (Å²) in [5.74, 6) is -0.175. The summed E-state index contributed by atoms with van der Waals surface area (Å²) in [6.45, 7) is 6.86. The number of carbonyl (C=O) groups is 1. The lowest BCUT2D eigenvalue weighted by Crippen LogP contribution is -2.42. The van der Waals surface area contributed by atoms with Crippen molar-refractivity contribution in [2.24, 2.45) is 5.10 Å². The molecular weight excluding hydrogens is 362 g/mol. The highest BCUT2D eigenvalue weighted by Gasteiger charge is 2.14. The number of aryl methyl sites for hydroxylation is 1. The maximum absolute atomic E-state index is 12.0. The Morgan fingerprint density at radius 3 is 2.79 bits per heavy atom. The number of nitro benzene ring substituents is 1. The monoisotopic (exact) mass is 385 g/mol. The number of hydrogen-bond donors (Lipinski definition) is 1. The maximum atomic E-state index is 12.0. The van der Waals surface area contributed by atoms with Gasteiger partial charge in [0.15, 0.2) is 0 Å². The summed E-state index contributed by atoms with van der Waals surface area (Å²) in [6, 6.07) is 8.39. The van der Waals surface area contributed by atoms with Gasteiger partial charge in [-0.3, -0.25) is 19.8 Å². The second kappa shape index (κ2) is 8.77. The molecule has 28 heavy (non-hydrogen) atoms. The lowest BCUT2D eigenvalue weighted by Gasteiger charge is -2.25. The Hall–Kier alpha value is -3.04. The Bertz CT molecular complexity index is 900. The summed E-state index contributed by atoms with van der Waals surface area (Å²) in [5, 5.41) is 15.1. The zero-order valence-electron chi connectivity index (χ0n) is 15.9. The van der Waals surface area contributed by atoms with Crippen molar-refractivity contribution in [2.75, 3.05) is 32.8 Å². The number of carbonyl (C=O) groups excluding carboxylic acids is 1. The van der Waals surface area contributed by atoms with Gasteiger partial charge in [-0.2, -0.15) is 5.10 Å². The highest BCUT2D eigenvalue weighted by Crippen LogP contribution is 2.23. The van der Waals surface area contributed by atoms with Gasteiger partial charge in [-0.25, -0.2) is 5.43 Å². The van der Waals surface area contributed by atoms with Gasteiger partial charge in [0.2, 0.25) is 0 Å². The standard InChI is InChI=1S/C19H23N5O4/c1-14-10-16(12-20-21-19(25)13-22-6-8-28-9-7-22)15(2)23(14)17-4-3-5-18(11-17)24(26)27/h3-5,10-12H,6-9,13H2,1-2H3,(H,21,25)/b20-12+. The van der Waals surface area contributed by atoms with Crippen molar-refractivity contribution in [3.8, 4) is 5.69 Å².